The van der Waals surface area contributed by atoms with E-state index < -0.39 is 12.4 Å². The Labute approximate surface area is 72.6 Å². The van der Waals surface area contributed by atoms with Crippen LogP contribution >= 0.6 is 0 Å². The summed E-state index contributed by atoms with van der Waals surface area (Å²) in [6, 6.07) is 8.89. The minimum absolute atomic E-state index is 0.313. The Morgan fingerprint density at radius 2 is 2.08 bits per heavy atom. The van der Waals surface area contributed by atoms with Crippen molar-refractivity contribution in [3.8, 4) is 0 Å². The van der Waals surface area contributed by atoms with Crippen molar-refractivity contribution < 1.29 is 11.3 Å². The van der Waals surface area contributed by atoms with Gasteiger partial charge in [-0.3, -0.25) is 4.79 Å². The molecule has 0 fully saturated rings. The zero-order valence-corrected chi connectivity index (χ0v) is 6.53. The van der Waals surface area contributed by atoms with Gasteiger partial charge in [-0.15, -0.1) is 0 Å². The van der Waals surface area contributed by atoms with Crippen LogP contribution in [0.15, 0.2) is 36.9 Å². The number of hydrogen-bond acceptors (Lipinski definition) is 1. The summed E-state index contributed by atoms with van der Waals surface area (Å²) in [7, 11) is 0. The smallest absolute Gasteiger partial charge is 0.307 e. The first-order chi connectivity index (χ1) is 6.13. The fraction of sp³-hybridized carbons (Fsp3) is 0.100. The van der Waals surface area contributed by atoms with E-state index in [0.717, 1.165) is 0 Å². The quantitative estimate of drug-likeness (QED) is 0.741. The van der Waals surface area contributed by atoms with Crippen LogP contribution in [0.2, 0.25) is 0 Å². The highest BCUT2D eigenvalue weighted by Crippen LogP contribution is 2.14. The maximum atomic E-state index is 10.5. The second-order valence-corrected chi connectivity index (χ2v) is 2.37. The van der Waals surface area contributed by atoms with E-state index in [-0.39, 0.29) is 0 Å². The third-order valence-electron chi connectivity index (χ3n) is 1.44. The molecule has 1 rings (SSSR count). The summed E-state index contributed by atoms with van der Waals surface area (Å²) in [5.41, 5.74) is 1.01. The van der Waals surface area contributed by atoms with E-state index in [4.69, 9.17) is 6.48 Å². The first-order valence-corrected chi connectivity index (χ1v) is 3.52. The van der Waals surface area contributed by atoms with E-state index in [1.165, 1.54) is 0 Å². The molecule has 0 saturated heterocycles. The lowest BCUT2D eigenvalue weighted by Gasteiger charge is -2.00. The first kappa shape index (κ1) is 7.10. The third kappa shape index (κ3) is 2.23. The molecule has 2 heteroatoms. The second-order valence-electron chi connectivity index (χ2n) is 2.37. The molecule has 0 radical (unpaired) electrons. The van der Waals surface area contributed by atoms with Gasteiger partial charge in [-0.2, -0.15) is 0 Å². The molecule has 1 aromatic rings. The summed E-state index contributed by atoms with van der Waals surface area (Å²) >= 11 is 0. The molecule has 1 N–H and O–H groups in total. The zero-order chi connectivity index (χ0) is 9.84. The molecule has 0 aliphatic heterocycles. The van der Waals surface area contributed by atoms with E-state index in [0.29, 0.717) is 11.1 Å². The van der Waals surface area contributed by atoms with Gasteiger partial charge in [-0.25, -0.2) is 0 Å². The molecule has 2 nitrogen and oxygen atoms in total. The molecule has 1 unspecified atom stereocenters. The predicted molar refractivity (Wildman–Crippen MR) is 47.7 cm³/mol. The predicted octanol–water partition coefficient (Wildman–Crippen LogP) is 2.17. The van der Waals surface area contributed by atoms with E-state index in [1.54, 1.807) is 24.3 Å². The molecule has 0 bridgehead atoms. The largest absolute Gasteiger partial charge is 0.481 e. The van der Waals surface area contributed by atoms with E-state index in [9.17, 15) is 4.79 Å². The number of aliphatic carboxylic acids is 1. The van der Waals surface area contributed by atoms with Crippen molar-refractivity contribution in [2.45, 2.75) is 6.40 Å². The molecule has 0 aromatic heterocycles. The number of rotatable bonds is 3. The average Bonchev–Trinajstić information content (AvgIpc) is 2.17. The molecule has 12 heavy (non-hydrogen) atoms. The van der Waals surface area contributed by atoms with Crippen LogP contribution in [0.25, 0.3) is 5.57 Å². The van der Waals surface area contributed by atoms with Gasteiger partial charge < -0.3 is 5.11 Å². The van der Waals surface area contributed by atoms with E-state index in [1.807, 2.05) is 6.07 Å². The van der Waals surface area contributed by atoms with Crippen LogP contribution in [0.4, 0.5) is 0 Å². The van der Waals surface area contributed by atoms with Crippen molar-refractivity contribution in [2.24, 2.45) is 0 Å². The molecule has 1 aromatic carbocycles. The van der Waals surface area contributed by atoms with E-state index in [2.05, 4.69) is 6.58 Å². The molecule has 62 valence electrons. The van der Waals surface area contributed by atoms with Crippen molar-refractivity contribution in [2.75, 3.05) is 0 Å². The van der Waals surface area contributed by atoms with Gasteiger partial charge in [0.15, 0.2) is 0 Å². The highest BCUT2D eigenvalue weighted by atomic mass is 16.4. The average molecular weight is 163 g/mol. The van der Waals surface area contributed by atoms with Gasteiger partial charge in [0.05, 0.1) is 6.40 Å². The maximum absolute atomic E-state index is 10.5. The zero-order valence-electron chi connectivity index (χ0n) is 7.53. The highest BCUT2D eigenvalue weighted by Gasteiger charge is 2.02. The number of hydrogen-bond donors (Lipinski definition) is 1. The minimum Gasteiger partial charge on any atom is -0.481 e. The van der Waals surface area contributed by atoms with Crippen LogP contribution in [0.3, 0.4) is 0 Å². The Hall–Kier alpha value is -1.57. The lowest BCUT2D eigenvalue weighted by atomic mass is 10.1. The van der Waals surface area contributed by atoms with Crippen molar-refractivity contribution in [1.82, 2.24) is 0 Å². The van der Waals surface area contributed by atoms with Crippen LogP contribution in [0.5, 0.6) is 0 Å². The summed E-state index contributed by atoms with van der Waals surface area (Å²) in [5, 5.41) is 8.57. The van der Waals surface area contributed by atoms with Crippen LogP contribution in [0, 0.1) is 0 Å². The Kier molecular flexibility index (Phi) is 2.20. The fourth-order valence-corrected chi connectivity index (χ4v) is 0.885. The summed E-state index contributed by atoms with van der Waals surface area (Å²) in [5.74, 6) is -1.17. The summed E-state index contributed by atoms with van der Waals surface area (Å²) in [6.07, 6.45) is -1.28. The normalized spacial score (nSPS) is 13.2. The van der Waals surface area contributed by atoms with Crippen LogP contribution in [0.1, 0.15) is 13.3 Å². The van der Waals surface area contributed by atoms with Gasteiger partial charge in [0.1, 0.15) is 0 Å². The van der Waals surface area contributed by atoms with Crippen molar-refractivity contribution in [1.29, 1.82) is 0 Å². The van der Waals surface area contributed by atoms with Crippen molar-refractivity contribution in [3.63, 3.8) is 0 Å². The number of carboxylic acids is 1. The Balaban J connectivity index is 2.86. The van der Waals surface area contributed by atoms with Gasteiger partial charge in [0, 0.05) is 1.37 Å². The molecular formula is C10H10O2. The van der Waals surface area contributed by atoms with Gasteiger partial charge in [-0.05, 0) is 11.1 Å². The highest BCUT2D eigenvalue weighted by molar-refractivity contribution is 5.82. The molecular weight excluding hydrogens is 152 g/mol. The van der Waals surface area contributed by atoms with Crippen molar-refractivity contribution >= 4 is 11.5 Å². The fourth-order valence-electron chi connectivity index (χ4n) is 0.885. The molecule has 0 spiro atoms. The topological polar surface area (TPSA) is 37.3 Å². The van der Waals surface area contributed by atoms with Crippen LogP contribution in [-0.4, -0.2) is 11.1 Å². The molecule has 0 heterocycles. The lowest BCUT2D eigenvalue weighted by molar-refractivity contribution is -0.135. The SMILES string of the molecule is [2H]C(C(=C)c1ccccc1)C(=O)O. The maximum Gasteiger partial charge on any atom is 0.307 e. The van der Waals surface area contributed by atoms with Gasteiger partial charge in [0.2, 0.25) is 0 Å². The molecule has 0 amide bonds. The second kappa shape index (κ2) is 3.72. The van der Waals surface area contributed by atoms with E-state index >= 15 is 0 Å². The first-order valence-electron chi connectivity index (χ1n) is 4.10. The van der Waals surface area contributed by atoms with Crippen LogP contribution < -0.4 is 0 Å². The Morgan fingerprint density at radius 3 is 2.58 bits per heavy atom. The minimum atomic E-state index is -1.28. The van der Waals surface area contributed by atoms with Crippen LogP contribution in [-0.2, 0) is 4.79 Å². The van der Waals surface area contributed by atoms with Crippen molar-refractivity contribution in [3.05, 3.63) is 42.5 Å². The number of carboxylic acid groups (broad SMARTS) is 1. The van der Waals surface area contributed by atoms with Gasteiger partial charge in [0.25, 0.3) is 0 Å². The standard InChI is InChI=1S/C10H10O2/c1-8(7-10(11)12)9-5-3-2-4-6-9/h2-6H,1,7H2,(H,11,12)/i7D. The Bertz CT molecular complexity index is 319. The summed E-state index contributed by atoms with van der Waals surface area (Å²) in [4.78, 5) is 10.5. The molecule has 0 saturated carbocycles. The summed E-state index contributed by atoms with van der Waals surface area (Å²) in [6.45, 7) is 3.58. The number of benzene rings is 1. The molecule has 0 aliphatic rings. The third-order valence-corrected chi connectivity index (χ3v) is 1.44. The van der Waals surface area contributed by atoms with Gasteiger partial charge in [-0.1, -0.05) is 36.9 Å². The molecule has 0 aliphatic carbocycles. The summed E-state index contributed by atoms with van der Waals surface area (Å²) < 4.78 is 7.27. The van der Waals surface area contributed by atoms with Gasteiger partial charge >= 0.3 is 5.97 Å². The number of carbonyl (C=O) groups is 1. The Morgan fingerprint density at radius 1 is 1.50 bits per heavy atom. The lowest BCUT2D eigenvalue weighted by Crippen LogP contribution is -1.95. The molecule has 1 atom stereocenters. The monoisotopic (exact) mass is 163 g/mol.